The second kappa shape index (κ2) is 10.3. The van der Waals surface area contributed by atoms with Crippen LogP contribution >= 0.6 is 0 Å². The first kappa shape index (κ1) is 25.0. The second-order valence-electron chi connectivity index (χ2n) is 8.75. The van der Waals surface area contributed by atoms with Gasteiger partial charge in [-0.3, -0.25) is 14.5 Å². The maximum absolute atomic E-state index is 13.9. The van der Waals surface area contributed by atoms with Gasteiger partial charge in [-0.1, -0.05) is 43.3 Å². The van der Waals surface area contributed by atoms with E-state index in [-0.39, 0.29) is 11.3 Å². The Balaban J connectivity index is 1.66. The van der Waals surface area contributed by atoms with E-state index in [4.69, 9.17) is 18.6 Å². The highest BCUT2D eigenvalue weighted by atomic mass is 16.5. The average Bonchev–Trinajstić information content (AvgIpc) is 3.50. The quantitative estimate of drug-likeness (QED) is 0.273. The number of fused-ring (bicyclic) bond motifs is 1. The number of carbonyl (C=O) groups excluding carboxylic acids is 2. The fourth-order valence-corrected chi connectivity index (χ4v) is 4.67. The third-order valence-electron chi connectivity index (χ3n) is 6.41. The zero-order chi connectivity index (χ0) is 26.8. The maximum atomic E-state index is 13.9. The second-order valence-corrected chi connectivity index (χ2v) is 8.75. The van der Waals surface area contributed by atoms with Crippen LogP contribution in [0.15, 0.2) is 88.5 Å². The summed E-state index contributed by atoms with van der Waals surface area (Å²) in [6, 6.07) is 20.0. The van der Waals surface area contributed by atoms with Crippen LogP contribution in [0.4, 0.5) is 5.69 Å². The number of benzene rings is 3. The zero-order valence-corrected chi connectivity index (χ0v) is 21.3. The molecule has 1 aliphatic heterocycles. The number of aliphatic hydroxyl groups is 1. The largest absolute Gasteiger partial charge is 0.503 e. The van der Waals surface area contributed by atoms with Gasteiger partial charge >= 0.3 is 0 Å². The minimum atomic E-state index is -0.984. The van der Waals surface area contributed by atoms with Crippen molar-refractivity contribution in [1.82, 2.24) is 0 Å². The number of ether oxygens (including phenoxy) is 3. The SMILES string of the molecule is CCCOc1cccc(N2C(=O)C(O)=C(C(=O)c3cc4cccc(OC)c4o3)C2c2ccccc2OC)c1. The van der Waals surface area contributed by atoms with Crippen molar-refractivity contribution in [2.45, 2.75) is 19.4 Å². The van der Waals surface area contributed by atoms with Crippen LogP contribution in [0, 0.1) is 0 Å². The number of aliphatic hydroxyl groups excluding tert-OH is 1. The third-order valence-corrected chi connectivity index (χ3v) is 6.41. The number of nitrogens with zero attached hydrogens (tertiary/aromatic N) is 1. The molecule has 0 fully saturated rings. The number of ketones is 1. The van der Waals surface area contributed by atoms with Gasteiger partial charge in [-0.2, -0.15) is 0 Å². The predicted molar refractivity (Wildman–Crippen MR) is 142 cm³/mol. The van der Waals surface area contributed by atoms with Crippen LogP contribution < -0.4 is 19.1 Å². The molecule has 5 rings (SSSR count). The summed E-state index contributed by atoms with van der Waals surface area (Å²) in [4.78, 5) is 28.9. The molecule has 1 unspecified atom stereocenters. The molecule has 0 spiro atoms. The molecular weight excluding hydrogens is 486 g/mol. The van der Waals surface area contributed by atoms with Crippen LogP contribution in [0.5, 0.6) is 17.2 Å². The molecule has 1 atom stereocenters. The number of amides is 1. The van der Waals surface area contributed by atoms with Gasteiger partial charge in [0.2, 0.25) is 5.78 Å². The highest BCUT2D eigenvalue weighted by Gasteiger charge is 2.46. The van der Waals surface area contributed by atoms with Gasteiger partial charge in [-0.05, 0) is 36.8 Å². The molecule has 4 aromatic rings. The molecule has 1 amide bonds. The van der Waals surface area contributed by atoms with Gasteiger partial charge in [-0.25, -0.2) is 0 Å². The van der Waals surface area contributed by atoms with Crippen molar-refractivity contribution >= 4 is 28.3 Å². The van der Waals surface area contributed by atoms with Gasteiger partial charge in [0.1, 0.15) is 11.5 Å². The third kappa shape index (κ3) is 4.24. The molecule has 0 aliphatic carbocycles. The van der Waals surface area contributed by atoms with Gasteiger partial charge in [0, 0.05) is 22.7 Å². The molecule has 8 nitrogen and oxygen atoms in total. The van der Waals surface area contributed by atoms with Gasteiger partial charge < -0.3 is 23.7 Å². The van der Waals surface area contributed by atoms with E-state index in [1.807, 2.05) is 6.92 Å². The van der Waals surface area contributed by atoms with Crippen LogP contribution in [0.3, 0.4) is 0 Å². The number of hydrogen-bond donors (Lipinski definition) is 1. The summed E-state index contributed by atoms with van der Waals surface area (Å²) < 4.78 is 22.6. The fourth-order valence-electron chi connectivity index (χ4n) is 4.67. The summed E-state index contributed by atoms with van der Waals surface area (Å²) in [6.07, 6.45) is 0.819. The number of para-hydroxylation sites is 2. The molecule has 1 aliphatic rings. The van der Waals surface area contributed by atoms with E-state index >= 15 is 0 Å². The number of rotatable bonds is 9. The Morgan fingerprint density at radius 3 is 2.47 bits per heavy atom. The van der Waals surface area contributed by atoms with E-state index in [2.05, 4.69) is 0 Å². The lowest BCUT2D eigenvalue weighted by molar-refractivity contribution is -0.117. The Labute approximate surface area is 219 Å². The van der Waals surface area contributed by atoms with E-state index in [0.717, 1.165) is 6.42 Å². The topological polar surface area (TPSA) is 98.4 Å². The van der Waals surface area contributed by atoms with Crippen LogP contribution in [-0.4, -0.2) is 37.6 Å². The standard InChI is InChI=1S/C30H27NO7/c1-4-15-37-20-11-8-10-19(17-20)31-26(21-12-5-6-13-22(21)35-2)25(28(33)30(31)34)27(32)24-16-18-9-7-14-23(36-3)29(18)38-24/h5-14,16-17,26,33H,4,15H2,1-3H3. The van der Waals surface area contributed by atoms with E-state index in [1.165, 1.54) is 19.1 Å². The molecular formula is C30H27NO7. The number of methoxy groups -OCH3 is 2. The predicted octanol–water partition coefficient (Wildman–Crippen LogP) is 6.02. The van der Waals surface area contributed by atoms with Crippen LogP contribution in [0.1, 0.15) is 35.5 Å². The molecule has 0 radical (unpaired) electrons. The van der Waals surface area contributed by atoms with Gasteiger partial charge in [0.15, 0.2) is 22.9 Å². The lowest BCUT2D eigenvalue weighted by Gasteiger charge is -2.28. The summed E-state index contributed by atoms with van der Waals surface area (Å²) in [6.45, 7) is 2.51. The Bertz CT molecular complexity index is 1550. The zero-order valence-electron chi connectivity index (χ0n) is 21.3. The van der Waals surface area contributed by atoms with Crippen molar-refractivity contribution in [2.75, 3.05) is 25.7 Å². The Kier molecular flexibility index (Phi) is 6.79. The molecule has 3 aromatic carbocycles. The van der Waals surface area contributed by atoms with Crippen molar-refractivity contribution in [3.8, 4) is 17.2 Å². The van der Waals surface area contributed by atoms with Crippen molar-refractivity contribution in [3.05, 3.63) is 95.5 Å². The summed E-state index contributed by atoms with van der Waals surface area (Å²) in [5, 5.41) is 11.8. The Morgan fingerprint density at radius 1 is 0.974 bits per heavy atom. The summed E-state index contributed by atoms with van der Waals surface area (Å²) in [5.41, 5.74) is 1.27. The minimum absolute atomic E-state index is 0.0272. The minimum Gasteiger partial charge on any atom is -0.503 e. The lowest BCUT2D eigenvalue weighted by Crippen LogP contribution is -2.31. The van der Waals surface area contributed by atoms with E-state index < -0.39 is 23.5 Å². The first-order valence-electron chi connectivity index (χ1n) is 12.2. The number of Topliss-reactive ketones (excluding diaryl/α,β-unsaturated/α-hetero) is 1. The molecule has 2 heterocycles. The first-order valence-corrected chi connectivity index (χ1v) is 12.2. The van der Waals surface area contributed by atoms with Crippen molar-refractivity contribution in [1.29, 1.82) is 0 Å². The summed E-state index contributed by atoms with van der Waals surface area (Å²) in [7, 11) is 3.02. The van der Waals surface area contributed by atoms with Crippen LogP contribution in [-0.2, 0) is 4.79 Å². The normalized spacial score (nSPS) is 15.3. The van der Waals surface area contributed by atoms with Gasteiger partial charge in [0.25, 0.3) is 5.91 Å². The van der Waals surface area contributed by atoms with E-state index in [0.29, 0.717) is 46.1 Å². The molecule has 1 aromatic heterocycles. The average molecular weight is 514 g/mol. The molecule has 0 bridgehead atoms. The highest BCUT2D eigenvalue weighted by molar-refractivity contribution is 6.21. The smallest absolute Gasteiger partial charge is 0.294 e. The first-order chi connectivity index (χ1) is 18.5. The Hall–Kier alpha value is -4.72. The Morgan fingerprint density at radius 2 is 1.71 bits per heavy atom. The van der Waals surface area contributed by atoms with Gasteiger partial charge in [-0.15, -0.1) is 0 Å². The monoisotopic (exact) mass is 513 g/mol. The molecule has 0 saturated heterocycles. The van der Waals surface area contributed by atoms with Crippen molar-refractivity contribution < 1.29 is 33.3 Å². The molecule has 0 saturated carbocycles. The number of furan rings is 1. The number of hydrogen-bond acceptors (Lipinski definition) is 7. The maximum Gasteiger partial charge on any atom is 0.294 e. The number of carbonyl (C=O) groups is 2. The summed E-state index contributed by atoms with van der Waals surface area (Å²) >= 11 is 0. The fraction of sp³-hybridized carbons (Fsp3) is 0.200. The molecule has 8 heteroatoms. The van der Waals surface area contributed by atoms with Crippen LogP contribution in [0.2, 0.25) is 0 Å². The van der Waals surface area contributed by atoms with E-state index in [9.17, 15) is 14.7 Å². The molecule has 194 valence electrons. The van der Waals surface area contributed by atoms with Crippen molar-refractivity contribution in [2.24, 2.45) is 0 Å². The van der Waals surface area contributed by atoms with E-state index in [1.54, 1.807) is 72.8 Å². The van der Waals surface area contributed by atoms with Crippen LogP contribution in [0.25, 0.3) is 11.0 Å². The highest BCUT2D eigenvalue weighted by Crippen LogP contribution is 2.45. The lowest BCUT2D eigenvalue weighted by atomic mass is 9.94. The molecule has 1 N–H and O–H groups in total. The van der Waals surface area contributed by atoms with Gasteiger partial charge in [0.05, 0.1) is 32.4 Å². The summed E-state index contributed by atoms with van der Waals surface area (Å²) in [5.74, 6) is -0.524. The number of anilines is 1. The molecule has 38 heavy (non-hydrogen) atoms. The van der Waals surface area contributed by atoms with Crippen molar-refractivity contribution in [3.63, 3.8) is 0 Å².